The molecule has 0 saturated carbocycles. The summed E-state index contributed by atoms with van der Waals surface area (Å²) in [5.41, 5.74) is 0. The quantitative estimate of drug-likeness (QED) is 0.499. The maximum absolute atomic E-state index is 12.5. The molecule has 0 radical (unpaired) electrons. The molecule has 1 saturated heterocycles. The smallest absolute Gasteiger partial charge is 0.336 e. The number of benzene rings is 1. The van der Waals surface area contributed by atoms with Gasteiger partial charge in [0, 0.05) is 12.7 Å². The first-order chi connectivity index (χ1) is 11.9. The Morgan fingerprint density at radius 2 is 2.08 bits per heavy atom. The van der Waals surface area contributed by atoms with Crippen LogP contribution in [0, 0.1) is 0 Å². The molecule has 2 unspecified atom stereocenters. The summed E-state index contributed by atoms with van der Waals surface area (Å²) in [5.74, 6) is -0.377. The van der Waals surface area contributed by atoms with Crippen LogP contribution in [0.2, 0.25) is 0 Å². The van der Waals surface area contributed by atoms with E-state index in [4.69, 9.17) is 23.1 Å². The molecule has 1 aliphatic rings. The molecular weight excluding hydrogens is 352 g/mol. The van der Waals surface area contributed by atoms with Crippen molar-refractivity contribution in [1.82, 2.24) is 0 Å². The van der Waals surface area contributed by atoms with E-state index in [0.29, 0.717) is 12.4 Å². The Bertz CT molecular complexity index is 694. The highest BCUT2D eigenvalue weighted by molar-refractivity contribution is 7.87. The van der Waals surface area contributed by atoms with Crippen LogP contribution >= 0.6 is 0 Å². The van der Waals surface area contributed by atoms with Crippen LogP contribution in [0.25, 0.3) is 0 Å². The van der Waals surface area contributed by atoms with Gasteiger partial charge in [-0.15, -0.1) is 0 Å². The van der Waals surface area contributed by atoms with Crippen LogP contribution in [0.3, 0.4) is 0 Å². The van der Waals surface area contributed by atoms with Gasteiger partial charge >= 0.3 is 16.1 Å². The van der Waals surface area contributed by atoms with Crippen LogP contribution in [0.15, 0.2) is 23.1 Å². The fraction of sp³-hybridized carbons (Fsp3) is 0.562. The van der Waals surface area contributed by atoms with Crippen molar-refractivity contribution in [2.75, 3.05) is 27.4 Å². The number of ether oxygens (including phenoxy) is 4. The molecule has 1 heterocycles. The van der Waals surface area contributed by atoms with Gasteiger partial charge in [0.25, 0.3) is 0 Å². The minimum Gasteiger partial charge on any atom is -0.497 e. The topological polar surface area (TPSA) is 97.4 Å². The van der Waals surface area contributed by atoms with Crippen molar-refractivity contribution in [2.24, 2.45) is 0 Å². The van der Waals surface area contributed by atoms with Crippen LogP contribution in [0.4, 0.5) is 0 Å². The summed E-state index contributed by atoms with van der Waals surface area (Å²) < 4.78 is 50.4. The van der Waals surface area contributed by atoms with Crippen molar-refractivity contribution in [3.63, 3.8) is 0 Å². The van der Waals surface area contributed by atoms with Gasteiger partial charge in [-0.1, -0.05) is 0 Å². The second kappa shape index (κ2) is 8.50. The van der Waals surface area contributed by atoms with Crippen molar-refractivity contribution in [1.29, 1.82) is 0 Å². The van der Waals surface area contributed by atoms with Crippen molar-refractivity contribution in [3.05, 3.63) is 18.2 Å². The molecule has 1 aliphatic heterocycles. The number of methoxy groups -OCH3 is 2. The fourth-order valence-electron chi connectivity index (χ4n) is 2.33. The molecule has 1 aromatic rings. The predicted octanol–water partition coefficient (Wildman–Crippen LogP) is 1.52. The molecule has 1 fully saturated rings. The van der Waals surface area contributed by atoms with E-state index in [9.17, 15) is 13.2 Å². The highest BCUT2D eigenvalue weighted by Gasteiger charge is 2.29. The third-order valence-electron chi connectivity index (χ3n) is 3.68. The summed E-state index contributed by atoms with van der Waals surface area (Å²) in [6, 6.07) is 4.26. The average Bonchev–Trinajstić information content (AvgIpc) is 3.12. The fourth-order valence-corrected chi connectivity index (χ4v) is 3.55. The Balaban J connectivity index is 2.05. The average molecular weight is 374 g/mol. The number of esters is 1. The first-order valence-electron chi connectivity index (χ1n) is 7.81. The van der Waals surface area contributed by atoms with Gasteiger partial charge in [0.2, 0.25) is 0 Å². The van der Waals surface area contributed by atoms with E-state index in [1.165, 1.54) is 33.3 Å². The molecule has 9 heteroatoms. The zero-order valence-corrected chi connectivity index (χ0v) is 15.2. The Labute approximate surface area is 147 Å². The van der Waals surface area contributed by atoms with Crippen LogP contribution in [-0.2, 0) is 28.6 Å². The minimum atomic E-state index is -4.25. The molecule has 140 valence electrons. The molecule has 2 atom stereocenters. The van der Waals surface area contributed by atoms with E-state index in [0.717, 1.165) is 12.8 Å². The van der Waals surface area contributed by atoms with E-state index >= 15 is 0 Å². The number of hydrogen-bond donors (Lipinski definition) is 0. The summed E-state index contributed by atoms with van der Waals surface area (Å²) >= 11 is 0. The van der Waals surface area contributed by atoms with E-state index < -0.39 is 22.2 Å². The lowest BCUT2D eigenvalue weighted by molar-refractivity contribution is -0.154. The summed E-state index contributed by atoms with van der Waals surface area (Å²) in [6.45, 7) is 2.02. The van der Waals surface area contributed by atoms with Crippen LogP contribution < -0.4 is 9.47 Å². The first kappa shape index (κ1) is 19.5. The third-order valence-corrected chi connectivity index (χ3v) is 5.08. The predicted molar refractivity (Wildman–Crippen MR) is 87.2 cm³/mol. The van der Waals surface area contributed by atoms with Crippen molar-refractivity contribution >= 4 is 16.1 Å². The molecule has 0 aromatic heterocycles. The minimum absolute atomic E-state index is 0.0784. The second-order valence-electron chi connectivity index (χ2n) is 5.47. The highest BCUT2D eigenvalue weighted by Crippen LogP contribution is 2.30. The Morgan fingerprint density at radius 3 is 2.68 bits per heavy atom. The molecule has 2 rings (SSSR count). The highest BCUT2D eigenvalue weighted by atomic mass is 32.2. The largest absolute Gasteiger partial charge is 0.497 e. The molecular formula is C16H22O8S. The van der Waals surface area contributed by atoms with Gasteiger partial charge in [-0.05, 0) is 31.9 Å². The lowest BCUT2D eigenvalue weighted by atomic mass is 10.2. The van der Waals surface area contributed by atoms with Crippen LogP contribution in [-0.4, -0.2) is 54.0 Å². The van der Waals surface area contributed by atoms with Crippen molar-refractivity contribution in [2.45, 2.75) is 36.9 Å². The van der Waals surface area contributed by atoms with E-state index in [-0.39, 0.29) is 23.4 Å². The van der Waals surface area contributed by atoms with Gasteiger partial charge in [-0.3, -0.25) is 4.18 Å². The summed E-state index contributed by atoms with van der Waals surface area (Å²) in [4.78, 5) is 11.7. The molecule has 0 bridgehead atoms. The first-order valence-corrected chi connectivity index (χ1v) is 9.21. The van der Waals surface area contributed by atoms with Crippen LogP contribution in [0.1, 0.15) is 19.8 Å². The SMILES string of the molecule is COc1ccc(OC)c(S(=O)(=O)OC(C)C(=O)OCC2CCCO2)c1. The van der Waals surface area contributed by atoms with Gasteiger partial charge in [-0.25, -0.2) is 4.79 Å². The molecule has 0 aliphatic carbocycles. The van der Waals surface area contributed by atoms with Crippen LogP contribution in [0.5, 0.6) is 11.5 Å². The van der Waals surface area contributed by atoms with Crippen molar-refractivity contribution < 1.29 is 36.3 Å². The zero-order valence-electron chi connectivity index (χ0n) is 14.4. The maximum Gasteiger partial charge on any atom is 0.336 e. The second-order valence-corrected chi connectivity index (χ2v) is 7.01. The van der Waals surface area contributed by atoms with Gasteiger partial charge < -0.3 is 18.9 Å². The molecule has 0 N–H and O–H groups in total. The third kappa shape index (κ3) is 5.07. The van der Waals surface area contributed by atoms with Gasteiger partial charge in [0.15, 0.2) is 6.10 Å². The Morgan fingerprint density at radius 1 is 1.32 bits per heavy atom. The molecule has 8 nitrogen and oxygen atoms in total. The standard InChI is InChI=1S/C16H22O8S/c1-11(16(17)23-10-13-5-4-8-22-13)24-25(18,19)15-9-12(20-2)6-7-14(15)21-3/h6-7,9,11,13H,4-5,8,10H2,1-3H3. The van der Waals surface area contributed by atoms with Gasteiger partial charge in [0.1, 0.15) is 23.0 Å². The maximum atomic E-state index is 12.5. The number of carbonyl (C=O) groups is 1. The van der Waals surface area contributed by atoms with Gasteiger partial charge in [-0.2, -0.15) is 8.42 Å². The van der Waals surface area contributed by atoms with E-state index in [2.05, 4.69) is 0 Å². The molecule has 25 heavy (non-hydrogen) atoms. The van der Waals surface area contributed by atoms with E-state index in [1.807, 2.05) is 0 Å². The van der Waals surface area contributed by atoms with E-state index in [1.54, 1.807) is 6.07 Å². The number of hydrogen-bond acceptors (Lipinski definition) is 8. The van der Waals surface area contributed by atoms with Crippen molar-refractivity contribution in [3.8, 4) is 11.5 Å². The summed E-state index contributed by atoms with van der Waals surface area (Å²) in [6.07, 6.45) is 0.272. The molecule has 0 amide bonds. The number of carbonyl (C=O) groups excluding carboxylic acids is 1. The Kier molecular flexibility index (Phi) is 6.63. The summed E-state index contributed by atoms with van der Waals surface area (Å²) in [5, 5.41) is 0. The zero-order chi connectivity index (χ0) is 18.4. The number of rotatable bonds is 8. The monoisotopic (exact) mass is 374 g/mol. The normalized spacial score (nSPS) is 18.6. The lowest BCUT2D eigenvalue weighted by Gasteiger charge is -2.16. The Hall–Kier alpha value is -1.84. The molecule has 1 aromatic carbocycles. The lowest BCUT2D eigenvalue weighted by Crippen LogP contribution is -2.29. The van der Waals surface area contributed by atoms with Gasteiger partial charge in [0.05, 0.1) is 20.3 Å². The molecule has 0 spiro atoms. The summed E-state index contributed by atoms with van der Waals surface area (Å²) in [7, 11) is -1.51.